The van der Waals surface area contributed by atoms with Crippen LogP contribution >= 0.6 is 0 Å². The Morgan fingerprint density at radius 3 is 2.36 bits per heavy atom. The van der Waals surface area contributed by atoms with Gasteiger partial charge in [0.2, 0.25) is 5.91 Å². The maximum Gasteiger partial charge on any atom is 0.235 e. The van der Waals surface area contributed by atoms with Crippen LogP contribution in [0.2, 0.25) is 0 Å². The zero-order valence-corrected chi connectivity index (χ0v) is 12.9. The molecular weight excluding hydrogens is 277 g/mol. The highest BCUT2D eigenvalue weighted by molar-refractivity contribution is 6.00. The lowest BCUT2D eigenvalue weighted by atomic mass is 9.63. The third kappa shape index (κ3) is 2.52. The summed E-state index contributed by atoms with van der Waals surface area (Å²) < 4.78 is 13.1. The lowest BCUT2D eigenvalue weighted by molar-refractivity contribution is -0.124. The van der Waals surface area contributed by atoms with Crippen molar-refractivity contribution in [2.75, 3.05) is 5.32 Å². The Kier molecular flexibility index (Phi) is 3.73. The normalized spacial score (nSPS) is 16.0. The summed E-state index contributed by atoms with van der Waals surface area (Å²) in [4.78, 5) is 12.9. The second-order valence-corrected chi connectivity index (χ2v) is 6.22. The topological polar surface area (TPSA) is 29.1 Å². The number of carbonyl (C=O) groups is 1. The quantitative estimate of drug-likeness (QED) is 0.887. The highest BCUT2D eigenvalue weighted by Gasteiger charge is 2.45. The van der Waals surface area contributed by atoms with Crippen LogP contribution in [0.5, 0.6) is 0 Å². The number of benzene rings is 2. The van der Waals surface area contributed by atoms with Gasteiger partial charge in [0.1, 0.15) is 5.82 Å². The van der Waals surface area contributed by atoms with Gasteiger partial charge in [-0.05, 0) is 61.6 Å². The molecule has 22 heavy (non-hydrogen) atoms. The lowest BCUT2D eigenvalue weighted by Gasteiger charge is -2.40. The molecule has 0 atom stereocenters. The van der Waals surface area contributed by atoms with Crippen molar-refractivity contribution in [3.05, 3.63) is 65.0 Å². The van der Waals surface area contributed by atoms with E-state index in [2.05, 4.69) is 5.32 Å². The van der Waals surface area contributed by atoms with Gasteiger partial charge in [-0.25, -0.2) is 4.39 Å². The maximum atomic E-state index is 13.1. The standard InChI is InChI=1S/C19H20FNO/c1-13-4-5-14(2)17(12-13)21-18(22)19(10-3-11-19)15-6-8-16(20)9-7-15/h4-9,12H,3,10-11H2,1-2H3,(H,21,22). The zero-order valence-electron chi connectivity index (χ0n) is 12.9. The smallest absolute Gasteiger partial charge is 0.235 e. The van der Waals surface area contributed by atoms with Crippen molar-refractivity contribution in [2.45, 2.75) is 38.5 Å². The van der Waals surface area contributed by atoms with Crippen LogP contribution in [0, 0.1) is 19.7 Å². The van der Waals surface area contributed by atoms with Crippen LogP contribution in [0.15, 0.2) is 42.5 Å². The first-order valence-electron chi connectivity index (χ1n) is 7.66. The molecule has 1 aliphatic carbocycles. The van der Waals surface area contributed by atoms with Gasteiger partial charge in [0.05, 0.1) is 5.41 Å². The third-order valence-corrected chi connectivity index (χ3v) is 4.68. The Hall–Kier alpha value is -2.16. The molecule has 0 unspecified atom stereocenters. The predicted octanol–water partition coefficient (Wildman–Crippen LogP) is 4.50. The number of rotatable bonds is 3. The summed E-state index contributed by atoms with van der Waals surface area (Å²) in [6.07, 6.45) is 2.66. The minimum absolute atomic E-state index is 0.0130. The Morgan fingerprint density at radius 1 is 1.09 bits per heavy atom. The van der Waals surface area contributed by atoms with Crippen LogP contribution in [0.4, 0.5) is 10.1 Å². The molecular formula is C19H20FNO. The van der Waals surface area contributed by atoms with Gasteiger partial charge < -0.3 is 5.32 Å². The number of carbonyl (C=O) groups excluding carboxylic acids is 1. The van der Waals surface area contributed by atoms with Gasteiger partial charge in [0.15, 0.2) is 0 Å². The van der Waals surface area contributed by atoms with Gasteiger partial charge >= 0.3 is 0 Å². The summed E-state index contributed by atoms with van der Waals surface area (Å²) in [7, 11) is 0. The molecule has 3 heteroatoms. The molecule has 0 heterocycles. The van der Waals surface area contributed by atoms with E-state index in [0.29, 0.717) is 0 Å². The Bertz CT molecular complexity index is 702. The van der Waals surface area contributed by atoms with Crippen LogP contribution in [0.25, 0.3) is 0 Å². The highest BCUT2D eigenvalue weighted by atomic mass is 19.1. The summed E-state index contributed by atoms with van der Waals surface area (Å²) in [6.45, 7) is 3.99. The molecule has 0 aromatic heterocycles. The minimum atomic E-state index is -0.510. The number of anilines is 1. The molecule has 0 bridgehead atoms. The van der Waals surface area contributed by atoms with Gasteiger partial charge in [-0.2, -0.15) is 0 Å². The average molecular weight is 297 g/mol. The second kappa shape index (κ2) is 5.56. The van der Waals surface area contributed by atoms with E-state index in [4.69, 9.17) is 0 Å². The van der Waals surface area contributed by atoms with Crippen LogP contribution in [0.3, 0.4) is 0 Å². The fourth-order valence-corrected chi connectivity index (χ4v) is 3.06. The summed E-state index contributed by atoms with van der Waals surface area (Å²) in [6, 6.07) is 12.4. The number of halogens is 1. The van der Waals surface area contributed by atoms with Crippen LogP contribution in [-0.4, -0.2) is 5.91 Å². The summed E-state index contributed by atoms with van der Waals surface area (Å²) >= 11 is 0. The molecule has 0 saturated heterocycles. The number of hydrogen-bond donors (Lipinski definition) is 1. The van der Waals surface area contributed by atoms with Crippen molar-refractivity contribution in [2.24, 2.45) is 0 Å². The molecule has 1 aliphatic rings. The van der Waals surface area contributed by atoms with Crippen LogP contribution < -0.4 is 5.32 Å². The first-order valence-corrected chi connectivity index (χ1v) is 7.66. The fourth-order valence-electron chi connectivity index (χ4n) is 3.06. The van der Waals surface area contributed by atoms with Gasteiger partial charge in [-0.1, -0.05) is 30.7 Å². The summed E-state index contributed by atoms with van der Waals surface area (Å²) in [5.41, 5.74) is 3.42. The molecule has 2 nitrogen and oxygen atoms in total. The van der Waals surface area contributed by atoms with Gasteiger partial charge in [-0.15, -0.1) is 0 Å². The zero-order chi connectivity index (χ0) is 15.7. The maximum absolute atomic E-state index is 13.1. The molecule has 0 aliphatic heterocycles. The lowest BCUT2D eigenvalue weighted by Crippen LogP contribution is -2.46. The van der Waals surface area contributed by atoms with Crippen molar-refractivity contribution in [3.63, 3.8) is 0 Å². The second-order valence-electron chi connectivity index (χ2n) is 6.22. The molecule has 2 aromatic rings. The fraction of sp³-hybridized carbons (Fsp3) is 0.316. The van der Waals surface area contributed by atoms with Gasteiger partial charge in [0.25, 0.3) is 0 Å². The molecule has 1 N–H and O–H groups in total. The average Bonchev–Trinajstić information content (AvgIpc) is 2.44. The van der Waals surface area contributed by atoms with Crippen molar-refractivity contribution < 1.29 is 9.18 Å². The highest BCUT2D eigenvalue weighted by Crippen LogP contribution is 2.44. The van der Waals surface area contributed by atoms with E-state index in [9.17, 15) is 9.18 Å². The Morgan fingerprint density at radius 2 is 1.77 bits per heavy atom. The summed E-state index contributed by atoms with van der Waals surface area (Å²) in [5.74, 6) is -0.257. The minimum Gasteiger partial charge on any atom is -0.325 e. The summed E-state index contributed by atoms with van der Waals surface area (Å²) in [5, 5.41) is 3.07. The molecule has 1 amide bonds. The van der Waals surface area contributed by atoms with Crippen molar-refractivity contribution in [1.29, 1.82) is 0 Å². The number of amides is 1. The van der Waals surface area contributed by atoms with E-state index in [1.807, 2.05) is 32.0 Å². The molecule has 114 valence electrons. The van der Waals surface area contributed by atoms with Crippen molar-refractivity contribution in [3.8, 4) is 0 Å². The molecule has 3 rings (SSSR count). The predicted molar refractivity (Wildman–Crippen MR) is 86.5 cm³/mol. The first-order chi connectivity index (χ1) is 10.5. The van der Waals surface area contributed by atoms with Crippen LogP contribution in [-0.2, 0) is 10.2 Å². The van der Waals surface area contributed by atoms with Crippen molar-refractivity contribution >= 4 is 11.6 Å². The number of aryl methyl sites for hydroxylation is 2. The van der Waals surface area contributed by atoms with E-state index in [1.165, 1.54) is 12.1 Å². The van der Waals surface area contributed by atoms with E-state index in [-0.39, 0.29) is 11.7 Å². The number of nitrogens with one attached hydrogen (secondary N) is 1. The van der Waals surface area contributed by atoms with E-state index >= 15 is 0 Å². The Balaban J connectivity index is 1.89. The molecule has 1 saturated carbocycles. The van der Waals surface area contributed by atoms with Crippen molar-refractivity contribution in [1.82, 2.24) is 0 Å². The van der Waals surface area contributed by atoms with Crippen LogP contribution in [0.1, 0.15) is 36.0 Å². The molecule has 2 aromatic carbocycles. The van der Waals surface area contributed by atoms with Gasteiger partial charge in [-0.3, -0.25) is 4.79 Å². The van der Waals surface area contributed by atoms with Gasteiger partial charge in [0, 0.05) is 5.69 Å². The third-order valence-electron chi connectivity index (χ3n) is 4.68. The molecule has 0 radical (unpaired) electrons. The van der Waals surface area contributed by atoms with E-state index in [1.54, 1.807) is 12.1 Å². The molecule has 0 spiro atoms. The molecule has 1 fully saturated rings. The van der Waals surface area contributed by atoms with E-state index < -0.39 is 5.41 Å². The SMILES string of the molecule is Cc1ccc(C)c(NC(=O)C2(c3ccc(F)cc3)CCC2)c1. The van der Waals surface area contributed by atoms with E-state index in [0.717, 1.165) is 41.6 Å². The largest absolute Gasteiger partial charge is 0.325 e. The monoisotopic (exact) mass is 297 g/mol. The Labute approximate surface area is 130 Å². The first kappa shape index (κ1) is 14.8. The number of hydrogen-bond acceptors (Lipinski definition) is 1.